The van der Waals surface area contributed by atoms with Gasteiger partial charge in [-0.05, 0) is 42.8 Å². The molecule has 2 aromatic carbocycles. The van der Waals surface area contributed by atoms with Gasteiger partial charge < -0.3 is 15.1 Å². The van der Waals surface area contributed by atoms with E-state index in [1.165, 1.54) is 0 Å². The predicted octanol–water partition coefficient (Wildman–Crippen LogP) is 2.04. The second-order valence-electron chi connectivity index (χ2n) is 7.57. The molecule has 0 aliphatic carbocycles. The van der Waals surface area contributed by atoms with Crippen LogP contribution in [0.1, 0.15) is 15.9 Å². The van der Waals surface area contributed by atoms with Crippen molar-refractivity contribution in [3.8, 4) is 11.3 Å². The van der Waals surface area contributed by atoms with Gasteiger partial charge in [0.15, 0.2) is 5.82 Å². The zero-order valence-corrected chi connectivity index (χ0v) is 16.9. The molecule has 3 aromatic rings. The van der Waals surface area contributed by atoms with Gasteiger partial charge in [-0.3, -0.25) is 4.79 Å². The van der Waals surface area contributed by atoms with Crippen molar-refractivity contribution in [2.75, 3.05) is 43.4 Å². The van der Waals surface area contributed by atoms with E-state index in [-0.39, 0.29) is 5.91 Å². The lowest BCUT2D eigenvalue weighted by atomic mass is 10.1. The molecule has 148 valence electrons. The van der Waals surface area contributed by atoms with Crippen LogP contribution in [0.4, 0.5) is 11.5 Å². The molecule has 6 heteroatoms. The summed E-state index contributed by atoms with van der Waals surface area (Å²) in [4.78, 5) is 16.4. The van der Waals surface area contributed by atoms with Gasteiger partial charge in [0.25, 0.3) is 5.91 Å². The fourth-order valence-electron chi connectivity index (χ4n) is 3.55. The fraction of sp³-hybridized carbons (Fsp3) is 0.261. The highest BCUT2D eigenvalue weighted by molar-refractivity contribution is 6.05. The number of aromatic nitrogens is 2. The molecule has 1 saturated heterocycles. The lowest BCUT2D eigenvalue weighted by Gasteiger charge is -2.30. The SMILES string of the molecule is Cc1ccccc1C(=O)Nc1cccc(-c2ccc(N3CC[NH+](C)CC3)nn2)c1. The maximum atomic E-state index is 12.6. The highest BCUT2D eigenvalue weighted by Gasteiger charge is 2.18. The summed E-state index contributed by atoms with van der Waals surface area (Å²) in [5, 5.41) is 11.8. The fourth-order valence-corrected chi connectivity index (χ4v) is 3.55. The van der Waals surface area contributed by atoms with Crippen molar-refractivity contribution < 1.29 is 9.69 Å². The summed E-state index contributed by atoms with van der Waals surface area (Å²) >= 11 is 0. The molecule has 1 aliphatic rings. The summed E-state index contributed by atoms with van der Waals surface area (Å²) in [6.45, 7) is 6.17. The van der Waals surface area contributed by atoms with Crippen molar-refractivity contribution in [3.05, 3.63) is 71.8 Å². The minimum Gasteiger partial charge on any atom is -0.344 e. The maximum Gasteiger partial charge on any atom is 0.255 e. The largest absolute Gasteiger partial charge is 0.344 e. The summed E-state index contributed by atoms with van der Waals surface area (Å²) in [5.74, 6) is 0.809. The first-order valence-corrected chi connectivity index (χ1v) is 9.97. The van der Waals surface area contributed by atoms with E-state index in [0.717, 1.165) is 54.5 Å². The number of rotatable bonds is 4. The van der Waals surface area contributed by atoms with Crippen LogP contribution < -0.4 is 15.1 Å². The first-order valence-electron chi connectivity index (χ1n) is 9.97. The molecule has 0 radical (unpaired) electrons. The zero-order chi connectivity index (χ0) is 20.2. The van der Waals surface area contributed by atoms with Gasteiger partial charge in [-0.2, -0.15) is 0 Å². The molecule has 2 N–H and O–H groups in total. The number of nitrogens with zero attached hydrogens (tertiary/aromatic N) is 3. The Hall–Kier alpha value is -3.25. The van der Waals surface area contributed by atoms with Crippen molar-refractivity contribution in [2.45, 2.75) is 6.92 Å². The first kappa shape index (κ1) is 19.1. The number of nitrogens with one attached hydrogen (secondary N) is 2. The summed E-state index contributed by atoms with van der Waals surface area (Å²) in [5.41, 5.74) is 4.09. The number of hydrogen-bond donors (Lipinski definition) is 2. The van der Waals surface area contributed by atoms with E-state index in [1.807, 2.05) is 67.6 Å². The highest BCUT2D eigenvalue weighted by Crippen LogP contribution is 2.22. The van der Waals surface area contributed by atoms with Crippen LogP contribution in [0.15, 0.2) is 60.7 Å². The van der Waals surface area contributed by atoms with Crippen LogP contribution in [0.5, 0.6) is 0 Å². The number of anilines is 2. The van der Waals surface area contributed by atoms with Gasteiger partial charge in [0.1, 0.15) is 0 Å². The molecule has 0 saturated carbocycles. The van der Waals surface area contributed by atoms with Gasteiger partial charge in [-0.1, -0.05) is 30.3 Å². The Morgan fingerprint density at radius 3 is 2.52 bits per heavy atom. The Kier molecular flexibility index (Phi) is 5.53. The monoisotopic (exact) mass is 388 g/mol. The average Bonchev–Trinajstić information content (AvgIpc) is 2.75. The second kappa shape index (κ2) is 8.41. The second-order valence-corrected chi connectivity index (χ2v) is 7.57. The third-order valence-electron chi connectivity index (χ3n) is 5.40. The van der Waals surface area contributed by atoms with Gasteiger partial charge in [0.05, 0.1) is 38.9 Å². The number of benzene rings is 2. The van der Waals surface area contributed by atoms with E-state index in [4.69, 9.17) is 0 Å². The highest BCUT2D eigenvalue weighted by atomic mass is 16.1. The molecule has 1 fully saturated rings. The van der Waals surface area contributed by atoms with E-state index in [2.05, 4.69) is 27.5 Å². The molecule has 1 aliphatic heterocycles. The molecule has 1 amide bonds. The number of amides is 1. The quantitative estimate of drug-likeness (QED) is 0.718. The third kappa shape index (κ3) is 4.43. The average molecular weight is 388 g/mol. The van der Waals surface area contributed by atoms with Crippen LogP contribution in [0.3, 0.4) is 0 Å². The van der Waals surface area contributed by atoms with Crippen LogP contribution in [-0.4, -0.2) is 49.3 Å². The number of quaternary nitrogens is 1. The Balaban J connectivity index is 1.48. The Labute approximate surface area is 171 Å². The maximum absolute atomic E-state index is 12.6. The molecule has 0 unspecified atom stereocenters. The molecule has 1 aromatic heterocycles. The molecule has 0 bridgehead atoms. The van der Waals surface area contributed by atoms with Gasteiger partial charge >= 0.3 is 0 Å². The topological polar surface area (TPSA) is 62.6 Å². The van der Waals surface area contributed by atoms with E-state index in [9.17, 15) is 4.79 Å². The van der Waals surface area contributed by atoms with Gasteiger partial charge in [0, 0.05) is 16.8 Å². The molecule has 4 rings (SSSR count). The van der Waals surface area contributed by atoms with Crippen LogP contribution in [-0.2, 0) is 0 Å². The smallest absolute Gasteiger partial charge is 0.255 e. The molecule has 29 heavy (non-hydrogen) atoms. The minimum absolute atomic E-state index is 0.112. The summed E-state index contributed by atoms with van der Waals surface area (Å²) in [7, 11) is 2.22. The summed E-state index contributed by atoms with van der Waals surface area (Å²) < 4.78 is 0. The molecular formula is C23H26N5O+. The Morgan fingerprint density at radius 2 is 1.79 bits per heavy atom. The van der Waals surface area contributed by atoms with E-state index >= 15 is 0 Å². The van der Waals surface area contributed by atoms with Crippen LogP contribution in [0, 0.1) is 6.92 Å². The molecule has 2 heterocycles. The lowest BCUT2D eigenvalue weighted by Crippen LogP contribution is -3.12. The first-order chi connectivity index (χ1) is 14.1. The molecule has 0 spiro atoms. The summed E-state index contributed by atoms with van der Waals surface area (Å²) in [6.07, 6.45) is 0. The lowest BCUT2D eigenvalue weighted by molar-refractivity contribution is -0.880. The Bertz CT molecular complexity index is 994. The summed E-state index contributed by atoms with van der Waals surface area (Å²) in [6, 6.07) is 19.3. The van der Waals surface area contributed by atoms with Crippen molar-refractivity contribution >= 4 is 17.4 Å². The number of hydrogen-bond acceptors (Lipinski definition) is 4. The van der Waals surface area contributed by atoms with Crippen LogP contribution in [0.2, 0.25) is 0 Å². The van der Waals surface area contributed by atoms with Gasteiger partial charge in [-0.25, -0.2) is 0 Å². The number of carbonyl (C=O) groups excluding carboxylic acids is 1. The zero-order valence-electron chi connectivity index (χ0n) is 16.9. The Morgan fingerprint density at radius 1 is 1.00 bits per heavy atom. The van der Waals surface area contributed by atoms with E-state index in [0.29, 0.717) is 5.56 Å². The number of carbonyl (C=O) groups is 1. The van der Waals surface area contributed by atoms with Crippen molar-refractivity contribution in [2.24, 2.45) is 0 Å². The number of likely N-dealkylation sites (N-methyl/N-ethyl adjacent to an activating group) is 1. The van der Waals surface area contributed by atoms with E-state index in [1.54, 1.807) is 4.90 Å². The van der Waals surface area contributed by atoms with Crippen molar-refractivity contribution in [1.29, 1.82) is 0 Å². The molecule has 0 atom stereocenters. The normalized spacial score (nSPS) is 14.6. The van der Waals surface area contributed by atoms with E-state index < -0.39 is 0 Å². The third-order valence-corrected chi connectivity index (χ3v) is 5.40. The standard InChI is InChI=1S/C23H25N5O/c1-17-6-3-4-9-20(17)23(29)24-19-8-5-7-18(16-19)21-10-11-22(26-25-21)28-14-12-27(2)13-15-28/h3-11,16H,12-15H2,1-2H3,(H,24,29)/p+1. The number of aryl methyl sites for hydroxylation is 1. The minimum atomic E-state index is -0.112. The predicted molar refractivity (Wildman–Crippen MR) is 115 cm³/mol. The van der Waals surface area contributed by atoms with Crippen molar-refractivity contribution in [1.82, 2.24) is 10.2 Å². The van der Waals surface area contributed by atoms with Gasteiger partial charge in [0.2, 0.25) is 0 Å². The number of piperazine rings is 1. The van der Waals surface area contributed by atoms with Crippen LogP contribution >= 0.6 is 0 Å². The van der Waals surface area contributed by atoms with Gasteiger partial charge in [-0.15, -0.1) is 10.2 Å². The molecule has 6 nitrogen and oxygen atoms in total. The van der Waals surface area contributed by atoms with Crippen molar-refractivity contribution in [3.63, 3.8) is 0 Å². The molecular weight excluding hydrogens is 362 g/mol. The van der Waals surface area contributed by atoms with Crippen LogP contribution in [0.25, 0.3) is 11.3 Å².